The summed E-state index contributed by atoms with van der Waals surface area (Å²) in [6.45, 7) is 2.79. The summed E-state index contributed by atoms with van der Waals surface area (Å²) in [5, 5.41) is 0. The summed E-state index contributed by atoms with van der Waals surface area (Å²) < 4.78 is 2.18. The van der Waals surface area contributed by atoms with Gasteiger partial charge in [0.1, 0.15) is 0 Å². The van der Waals surface area contributed by atoms with E-state index in [1.165, 1.54) is 12.8 Å². The Labute approximate surface area is 66.2 Å². The molecule has 3 nitrogen and oxygen atoms in total. The van der Waals surface area contributed by atoms with E-state index in [0.29, 0.717) is 12.1 Å². The average Bonchev–Trinajstić information content (AvgIpc) is 2.61. The highest BCUT2D eigenvalue weighted by Gasteiger charge is 2.38. The van der Waals surface area contributed by atoms with Gasteiger partial charge in [0.25, 0.3) is 0 Å². The van der Waals surface area contributed by atoms with E-state index in [1.54, 1.807) is 0 Å². The largest absolute Gasteiger partial charge is 0.331 e. The third kappa shape index (κ3) is 1.05. The summed E-state index contributed by atoms with van der Waals surface area (Å²) >= 11 is 0. The lowest BCUT2D eigenvalue weighted by Gasteiger charge is -2.08. The number of nitrogens with zero attached hydrogens (tertiary/aromatic N) is 2. The molecule has 60 valence electrons. The second kappa shape index (κ2) is 2.08. The molecule has 3 heteroatoms. The quantitative estimate of drug-likeness (QED) is 0.681. The first-order valence-electron chi connectivity index (χ1n) is 3.98. The second-order valence-electron chi connectivity index (χ2n) is 3.47. The topological polar surface area (TPSA) is 43.8 Å². The van der Waals surface area contributed by atoms with Gasteiger partial charge in [0, 0.05) is 18.3 Å². The van der Waals surface area contributed by atoms with Crippen LogP contribution in [0.5, 0.6) is 0 Å². The van der Waals surface area contributed by atoms with Crippen LogP contribution in [0.2, 0.25) is 0 Å². The summed E-state index contributed by atoms with van der Waals surface area (Å²) in [7, 11) is 0. The van der Waals surface area contributed by atoms with Gasteiger partial charge in [0.2, 0.25) is 0 Å². The van der Waals surface area contributed by atoms with Crippen molar-refractivity contribution in [1.82, 2.24) is 9.55 Å². The van der Waals surface area contributed by atoms with Crippen LogP contribution in [0.3, 0.4) is 0 Å². The van der Waals surface area contributed by atoms with Gasteiger partial charge in [-0.05, 0) is 19.8 Å². The fourth-order valence-electron chi connectivity index (χ4n) is 1.20. The predicted octanol–water partition coefficient (Wildman–Crippen LogP) is 0.851. The average molecular weight is 151 g/mol. The maximum absolute atomic E-state index is 5.45. The van der Waals surface area contributed by atoms with Crippen LogP contribution < -0.4 is 5.73 Å². The molecular weight excluding hydrogens is 138 g/mol. The molecule has 0 radical (unpaired) electrons. The van der Waals surface area contributed by atoms with E-state index in [4.69, 9.17) is 5.73 Å². The number of nitrogens with two attached hydrogens (primary N) is 1. The summed E-state index contributed by atoms with van der Waals surface area (Å²) in [6.07, 6.45) is 6.48. The lowest BCUT2D eigenvalue weighted by Crippen LogP contribution is -2.09. The number of aromatic nitrogens is 2. The second-order valence-corrected chi connectivity index (χ2v) is 3.47. The van der Waals surface area contributed by atoms with Crippen LogP contribution in [-0.4, -0.2) is 9.55 Å². The van der Waals surface area contributed by atoms with Crippen molar-refractivity contribution in [3.63, 3.8) is 0 Å². The molecule has 0 spiro atoms. The SMILES string of the molecule is CC1(n2cnc(CN)c2)CC1. The van der Waals surface area contributed by atoms with E-state index >= 15 is 0 Å². The van der Waals surface area contributed by atoms with Crippen molar-refractivity contribution < 1.29 is 0 Å². The minimum absolute atomic E-state index is 0.362. The van der Waals surface area contributed by atoms with Gasteiger partial charge in [-0.15, -0.1) is 0 Å². The Morgan fingerprint density at radius 1 is 1.73 bits per heavy atom. The van der Waals surface area contributed by atoms with Gasteiger partial charge < -0.3 is 10.3 Å². The smallest absolute Gasteiger partial charge is 0.0955 e. The van der Waals surface area contributed by atoms with Crippen LogP contribution in [0.4, 0.5) is 0 Å². The molecule has 0 atom stereocenters. The third-order valence-corrected chi connectivity index (χ3v) is 2.44. The van der Waals surface area contributed by atoms with Gasteiger partial charge in [-0.2, -0.15) is 0 Å². The van der Waals surface area contributed by atoms with Gasteiger partial charge in [0.05, 0.1) is 12.0 Å². The van der Waals surface area contributed by atoms with Crippen LogP contribution in [-0.2, 0) is 12.1 Å². The maximum Gasteiger partial charge on any atom is 0.0955 e. The zero-order valence-corrected chi connectivity index (χ0v) is 6.75. The van der Waals surface area contributed by atoms with Gasteiger partial charge >= 0.3 is 0 Å². The molecule has 1 heterocycles. The Hall–Kier alpha value is -0.830. The van der Waals surface area contributed by atoms with E-state index in [0.717, 1.165) is 5.69 Å². The zero-order chi connectivity index (χ0) is 7.90. The van der Waals surface area contributed by atoms with Gasteiger partial charge in [-0.3, -0.25) is 0 Å². The molecule has 2 N–H and O–H groups in total. The molecule has 11 heavy (non-hydrogen) atoms. The van der Waals surface area contributed by atoms with Crippen LogP contribution in [0.15, 0.2) is 12.5 Å². The molecule has 0 amide bonds. The summed E-state index contributed by atoms with van der Waals surface area (Å²) in [5.41, 5.74) is 6.80. The number of hydrogen-bond donors (Lipinski definition) is 1. The first kappa shape index (κ1) is 6.85. The highest BCUT2D eigenvalue weighted by molar-refractivity contribution is 5.05. The molecule has 0 aromatic carbocycles. The Kier molecular flexibility index (Phi) is 1.29. The van der Waals surface area contributed by atoms with E-state index in [-0.39, 0.29) is 0 Å². The molecule has 1 fully saturated rings. The maximum atomic E-state index is 5.45. The molecule has 1 aromatic heterocycles. The first-order chi connectivity index (χ1) is 5.24. The summed E-state index contributed by atoms with van der Waals surface area (Å²) in [6, 6.07) is 0. The molecule has 1 aliphatic carbocycles. The standard InChI is InChI=1S/C8H13N3/c1-8(2-3-8)11-5-7(4-9)10-6-11/h5-6H,2-4,9H2,1H3. The lowest BCUT2D eigenvalue weighted by molar-refractivity contribution is 0.531. The van der Waals surface area contributed by atoms with E-state index < -0.39 is 0 Å². The third-order valence-electron chi connectivity index (χ3n) is 2.44. The van der Waals surface area contributed by atoms with Crippen molar-refractivity contribution in [3.8, 4) is 0 Å². The van der Waals surface area contributed by atoms with Crippen molar-refractivity contribution in [2.75, 3.05) is 0 Å². The highest BCUT2D eigenvalue weighted by atomic mass is 15.1. The van der Waals surface area contributed by atoms with Crippen molar-refractivity contribution >= 4 is 0 Å². The summed E-state index contributed by atoms with van der Waals surface area (Å²) in [4.78, 5) is 4.18. The molecule has 1 aliphatic rings. The Bertz CT molecular complexity index is 260. The van der Waals surface area contributed by atoms with Crippen molar-refractivity contribution in [2.45, 2.75) is 31.8 Å². The van der Waals surface area contributed by atoms with E-state index in [9.17, 15) is 0 Å². The van der Waals surface area contributed by atoms with Crippen molar-refractivity contribution in [2.24, 2.45) is 5.73 Å². The number of imidazole rings is 1. The predicted molar refractivity (Wildman–Crippen MR) is 43.0 cm³/mol. The molecule has 2 rings (SSSR count). The highest BCUT2D eigenvalue weighted by Crippen LogP contribution is 2.42. The van der Waals surface area contributed by atoms with Gasteiger partial charge in [-0.1, -0.05) is 0 Å². The molecule has 1 saturated carbocycles. The molecule has 1 aromatic rings. The fourth-order valence-corrected chi connectivity index (χ4v) is 1.20. The summed E-state index contributed by atoms with van der Waals surface area (Å²) in [5.74, 6) is 0. The molecule has 0 bridgehead atoms. The number of hydrogen-bond acceptors (Lipinski definition) is 2. The van der Waals surface area contributed by atoms with Crippen molar-refractivity contribution in [3.05, 3.63) is 18.2 Å². The molecule has 0 aliphatic heterocycles. The minimum atomic E-state index is 0.362. The van der Waals surface area contributed by atoms with Crippen LogP contribution in [0, 0.1) is 0 Å². The monoisotopic (exact) mass is 151 g/mol. The molecule has 0 saturated heterocycles. The zero-order valence-electron chi connectivity index (χ0n) is 6.75. The Morgan fingerprint density at radius 3 is 2.91 bits per heavy atom. The Morgan fingerprint density at radius 2 is 2.45 bits per heavy atom. The lowest BCUT2D eigenvalue weighted by atomic mass is 10.3. The normalized spacial score (nSPS) is 20.2. The molecule has 0 unspecified atom stereocenters. The minimum Gasteiger partial charge on any atom is -0.331 e. The van der Waals surface area contributed by atoms with Gasteiger partial charge in [-0.25, -0.2) is 4.98 Å². The molecular formula is C8H13N3. The van der Waals surface area contributed by atoms with E-state index in [2.05, 4.69) is 16.5 Å². The fraction of sp³-hybridized carbons (Fsp3) is 0.625. The van der Waals surface area contributed by atoms with Crippen LogP contribution >= 0.6 is 0 Å². The van der Waals surface area contributed by atoms with Gasteiger partial charge in [0.15, 0.2) is 0 Å². The Balaban J connectivity index is 2.25. The first-order valence-corrected chi connectivity index (χ1v) is 3.98. The number of rotatable bonds is 2. The van der Waals surface area contributed by atoms with Crippen LogP contribution in [0.25, 0.3) is 0 Å². The van der Waals surface area contributed by atoms with E-state index in [1.807, 2.05) is 12.5 Å². The van der Waals surface area contributed by atoms with Crippen LogP contribution in [0.1, 0.15) is 25.5 Å². The van der Waals surface area contributed by atoms with Crippen molar-refractivity contribution in [1.29, 1.82) is 0 Å².